The quantitative estimate of drug-likeness (QED) is 0.134. The molecule has 1 unspecified atom stereocenters. The van der Waals surface area contributed by atoms with Crippen LogP contribution in [0.3, 0.4) is 0 Å². The Morgan fingerprint density at radius 3 is 2.50 bits per heavy atom. The molecular formula is C28H25ClFN5O7. The van der Waals surface area contributed by atoms with Gasteiger partial charge in [-0.25, -0.2) is 19.0 Å². The Bertz CT molecular complexity index is 1630. The number of aliphatic hydroxyl groups is 1. The third kappa shape index (κ3) is 7.87. The molecule has 1 heterocycles. The Morgan fingerprint density at radius 1 is 1.10 bits per heavy atom. The molecule has 1 amide bonds. The zero-order chi connectivity index (χ0) is 30.2. The second-order valence-corrected chi connectivity index (χ2v) is 9.34. The predicted octanol–water partition coefficient (Wildman–Crippen LogP) is 2.59. The monoisotopic (exact) mass is 597 g/mol. The van der Waals surface area contributed by atoms with Gasteiger partial charge in [0.25, 0.3) is 0 Å². The lowest BCUT2D eigenvalue weighted by Crippen LogP contribution is -2.48. The number of carbonyl (C=O) groups excluding carboxylic acids is 3. The number of nitrogens with one attached hydrogen (secondary N) is 2. The van der Waals surface area contributed by atoms with Crippen LogP contribution in [0.1, 0.15) is 23.1 Å². The van der Waals surface area contributed by atoms with Crippen molar-refractivity contribution in [3.8, 4) is 16.8 Å². The molecule has 42 heavy (non-hydrogen) atoms. The molecule has 4 rings (SSSR count). The first-order valence-electron chi connectivity index (χ1n) is 12.4. The zero-order valence-electron chi connectivity index (χ0n) is 22.1. The molecule has 0 bridgehead atoms. The number of amides is 1. The molecule has 0 spiro atoms. The molecule has 3 aromatic carbocycles. The van der Waals surface area contributed by atoms with Crippen molar-refractivity contribution in [1.82, 2.24) is 25.2 Å². The van der Waals surface area contributed by atoms with E-state index in [-0.39, 0.29) is 12.4 Å². The number of para-hydroxylation sites is 1. The maximum atomic E-state index is 14.3. The number of benzene rings is 3. The van der Waals surface area contributed by atoms with Crippen molar-refractivity contribution < 1.29 is 33.4 Å². The molecule has 0 aliphatic rings. The molecule has 0 fully saturated rings. The second-order valence-electron chi connectivity index (χ2n) is 8.90. The maximum Gasteiger partial charge on any atom is 0.348 e. The van der Waals surface area contributed by atoms with E-state index in [1.54, 1.807) is 54.6 Å². The Labute approximate surface area is 243 Å². The number of aromatic amines is 1. The third-order valence-corrected chi connectivity index (χ3v) is 6.02. The highest BCUT2D eigenvalue weighted by atomic mass is 35.5. The Morgan fingerprint density at radius 2 is 1.81 bits per heavy atom. The summed E-state index contributed by atoms with van der Waals surface area (Å²) in [5, 5.41) is 16.0. The number of esters is 2. The Balaban J connectivity index is 1.52. The van der Waals surface area contributed by atoms with Crippen LogP contribution in [0.4, 0.5) is 4.39 Å². The minimum atomic E-state index is -1.76. The van der Waals surface area contributed by atoms with Crippen molar-refractivity contribution in [2.75, 3.05) is 13.3 Å². The number of ether oxygens (including phenoxy) is 2. The number of carbonyl (C=O) groups is 3. The van der Waals surface area contributed by atoms with E-state index in [4.69, 9.17) is 16.3 Å². The SMILES string of the molecule is CC(=O)OCOC(=O)C(O)CN(Cc1ccc(-c2cc(Cl)ccc2F)cc1)NC(=O)c1nn(-c2ccccc2)c(=O)[nH]1. The van der Waals surface area contributed by atoms with Crippen molar-refractivity contribution in [2.24, 2.45) is 0 Å². The van der Waals surface area contributed by atoms with E-state index in [1.807, 2.05) is 0 Å². The van der Waals surface area contributed by atoms with Crippen LogP contribution >= 0.6 is 11.6 Å². The first-order chi connectivity index (χ1) is 20.1. The summed E-state index contributed by atoms with van der Waals surface area (Å²) in [6, 6.07) is 19.2. The number of aromatic nitrogens is 3. The summed E-state index contributed by atoms with van der Waals surface area (Å²) in [4.78, 5) is 50.9. The van der Waals surface area contributed by atoms with Gasteiger partial charge in [0.1, 0.15) is 5.82 Å². The smallest absolute Gasteiger partial charge is 0.348 e. The summed E-state index contributed by atoms with van der Waals surface area (Å²) in [6.07, 6.45) is -1.76. The van der Waals surface area contributed by atoms with Crippen LogP contribution in [0.15, 0.2) is 77.6 Å². The van der Waals surface area contributed by atoms with Gasteiger partial charge in [-0.05, 0) is 41.5 Å². The van der Waals surface area contributed by atoms with E-state index < -0.39 is 48.8 Å². The van der Waals surface area contributed by atoms with Gasteiger partial charge in [0.2, 0.25) is 12.6 Å². The fraction of sp³-hybridized carbons (Fsp3) is 0.179. The van der Waals surface area contributed by atoms with Crippen LogP contribution in [-0.2, 0) is 25.6 Å². The molecule has 3 N–H and O–H groups in total. The molecule has 218 valence electrons. The Hall–Kier alpha value is -4.85. The molecular weight excluding hydrogens is 573 g/mol. The molecule has 14 heteroatoms. The second kappa shape index (κ2) is 13.7. The highest BCUT2D eigenvalue weighted by molar-refractivity contribution is 6.30. The number of aliphatic hydroxyl groups excluding tert-OH is 1. The molecule has 0 aliphatic carbocycles. The van der Waals surface area contributed by atoms with Gasteiger partial charge in [-0.2, -0.15) is 4.68 Å². The molecule has 0 saturated heterocycles. The van der Waals surface area contributed by atoms with E-state index in [2.05, 4.69) is 20.2 Å². The van der Waals surface area contributed by atoms with E-state index in [0.29, 0.717) is 27.4 Å². The van der Waals surface area contributed by atoms with Crippen molar-refractivity contribution in [3.05, 3.63) is 106 Å². The van der Waals surface area contributed by atoms with Gasteiger partial charge in [-0.1, -0.05) is 54.1 Å². The van der Waals surface area contributed by atoms with E-state index in [9.17, 15) is 28.7 Å². The molecule has 0 saturated carbocycles. The first-order valence-corrected chi connectivity index (χ1v) is 12.8. The summed E-state index contributed by atoms with van der Waals surface area (Å²) in [5.74, 6) is -3.41. The van der Waals surface area contributed by atoms with Crippen LogP contribution < -0.4 is 11.1 Å². The lowest BCUT2D eigenvalue weighted by molar-refractivity contribution is -0.173. The number of hydrogen-bond donors (Lipinski definition) is 3. The number of halogens is 2. The van der Waals surface area contributed by atoms with Gasteiger partial charge in [-0.15, -0.1) is 5.10 Å². The standard InChI is InChI=1S/C28H25ClFN5O7/c1-17(36)41-16-42-27(39)24(37)15-34(14-18-7-9-19(10-8-18)22-13-20(29)11-12-23(22)30)33-26(38)25-31-28(40)35(32-25)21-5-3-2-4-6-21/h2-13,24,37H,14-16H2,1H3,(H,33,38)(H,31,32,40). The van der Waals surface area contributed by atoms with Crippen LogP contribution in [0.2, 0.25) is 5.02 Å². The van der Waals surface area contributed by atoms with E-state index >= 15 is 0 Å². The largest absolute Gasteiger partial charge is 0.428 e. The maximum absolute atomic E-state index is 14.3. The average molecular weight is 598 g/mol. The molecule has 0 radical (unpaired) electrons. The van der Waals surface area contributed by atoms with Gasteiger partial charge in [0, 0.05) is 24.1 Å². The van der Waals surface area contributed by atoms with Crippen LogP contribution in [-0.4, -0.2) is 62.2 Å². The summed E-state index contributed by atoms with van der Waals surface area (Å²) in [6.45, 7) is -0.0742. The fourth-order valence-corrected chi connectivity index (χ4v) is 3.97. The summed E-state index contributed by atoms with van der Waals surface area (Å²) < 4.78 is 24.6. The highest BCUT2D eigenvalue weighted by Crippen LogP contribution is 2.26. The number of H-pyrrole nitrogens is 1. The van der Waals surface area contributed by atoms with Gasteiger partial charge in [-0.3, -0.25) is 20.0 Å². The molecule has 12 nitrogen and oxygen atoms in total. The van der Waals surface area contributed by atoms with Gasteiger partial charge >= 0.3 is 23.5 Å². The van der Waals surface area contributed by atoms with E-state index in [0.717, 1.165) is 11.6 Å². The number of nitrogens with zero attached hydrogens (tertiary/aromatic N) is 3. The predicted molar refractivity (Wildman–Crippen MR) is 148 cm³/mol. The molecule has 1 aromatic heterocycles. The molecule has 4 aromatic rings. The number of rotatable bonds is 11. The summed E-state index contributed by atoms with van der Waals surface area (Å²) >= 11 is 6.00. The van der Waals surface area contributed by atoms with Gasteiger partial charge < -0.3 is 14.6 Å². The van der Waals surface area contributed by atoms with Crippen molar-refractivity contribution in [3.63, 3.8) is 0 Å². The first kappa shape index (κ1) is 30.1. The van der Waals surface area contributed by atoms with Crippen molar-refractivity contribution in [2.45, 2.75) is 19.6 Å². The fourth-order valence-electron chi connectivity index (χ4n) is 3.80. The molecule has 1 atom stereocenters. The van der Waals surface area contributed by atoms with Crippen LogP contribution in [0.25, 0.3) is 16.8 Å². The van der Waals surface area contributed by atoms with Crippen LogP contribution in [0.5, 0.6) is 0 Å². The van der Waals surface area contributed by atoms with E-state index in [1.165, 1.54) is 23.2 Å². The normalized spacial score (nSPS) is 11.6. The topological polar surface area (TPSA) is 156 Å². The lowest BCUT2D eigenvalue weighted by Gasteiger charge is -2.24. The number of hydrogen-bond acceptors (Lipinski definition) is 9. The Kier molecular flexibility index (Phi) is 9.81. The number of hydrazine groups is 1. The third-order valence-electron chi connectivity index (χ3n) is 5.79. The highest BCUT2D eigenvalue weighted by Gasteiger charge is 2.24. The molecule has 0 aliphatic heterocycles. The van der Waals surface area contributed by atoms with Crippen LogP contribution in [0, 0.1) is 5.82 Å². The summed E-state index contributed by atoms with van der Waals surface area (Å²) in [7, 11) is 0. The minimum absolute atomic E-state index is 0.0397. The van der Waals surface area contributed by atoms with Crippen molar-refractivity contribution >= 4 is 29.4 Å². The minimum Gasteiger partial charge on any atom is -0.428 e. The lowest BCUT2D eigenvalue weighted by atomic mass is 10.0. The van der Waals surface area contributed by atoms with Gasteiger partial charge in [0.15, 0.2) is 6.10 Å². The zero-order valence-corrected chi connectivity index (χ0v) is 22.9. The average Bonchev–Trinajstić information content (AvgIpc) is 3.36. The van der Waals surface area contributed by atoms with Gasteiger partial charge in [0.05, 0.1) is 12.2 Å². The van der Waals surface area contributed by atoms with Crippen molar-refractivity contribution in [1.29, 1.82) is 0 Å². The summed E-state index contributed by atoms with van der Waals surface area (Å²) in [5.41, 5.74) is 3.73.